The summed E-state index contributed by atoms with van der Waals surface area (Å²) in [6.45, 7) is 9.70. The van der Waals surface area contributed by atoms with Gasteiger partial charge in [0, 0.05) is 18.6 Å². The minimum Gasteiger partial charge on any atom is -0.481 e. The third kappa shape index (κ3) is 4.66. The normalized spacial score (nSPS) is 21.1. The molecule has 0 unspecified atom stereocenters. The molecule has 3 nitrogen and oxygen atoms in total. The van der Waals surface area contributed by atoms with Gasteiger partial charge >= 0.3 is 5.97 Å². The van der Waals surface area contributed by atoms with Crippen molar-refractivity contribution in [2.75, 3.05) is 6.54 Å². The average molecular weight is 241 g/mol. The molecule has 1 fully saturated rings. The average Bonchev–Trinajstić information content (AvgIpc) is 2.19. The number of carboxylic acids is 1. The molecule has 0 radical (unpaired) electrons. The lowest BCUT2D eigenvalue weighted by Crippen LogP contribution is -2.44. The van der Waals surface area contributed by atoms with E-state index in [9.17, 15) is 4.79 Å². The zero-order chi connectivity index (χ0) is 13.1. The van der Waals surface area contributed by atoms with Crippen LogP contribution in [0.25, 0.3) is 0 Å². The van der Waals surface area contributed by atoms with Crippen molar-refractivity contribution in [1.82, 2.24) is 4.90 Å². The first kappa shape index (κ1) is 14.5. The Balaban J connectivity index is 2.51. The van der Waals surface area contributed by atoms with E-state index in [2.05, 4.69) is 32.6 Å². The zero-order valence-corrected chi connectivity index (χ0v) is 11.7. The molecule has 0 aromatic heterocycles. The number of rotatable bonds is 5. The first-order valence-electron chi connectivity index (χ1n) is 6.79. The highest BCUT2D eigenvalue weighted by atomic mass is 16.4. The third-order valence-electron chi connectivity index (χ3n) is 4.02. The molecule has 1 aliphatic carbocycles. The second-order valence-electron chi connectivity index (χ2n) is 6.37. The second kappa shape index (κ2) is 5.85. The Morgan fingerprint density at radius 2 is 1.88 bits per heavy atom. The summed E-state index contributed by atoms with van der Waals surface area (Å²) < 4.78 is 0. The topological polar surface area (TPSA) is 40.5 Å². The zero-order valence-electron chi connectivity index (χ0n) is 11.7. The van der Waals surface area contributed by atoms with Crippen molar-refractivity contribution >= 4 is 5.97 Å². The van der Waals surface area contributed by atoms with Gasteiger partial charge in [-0.25, -0.2) is 0 Å². The maximum Gasteiger partial charge on any atom is 0.304 e. The Kier molecular flexibility index (Phi) is 4.99. The highest BCUT2D eigenvalue weighted by Crippen LogP contribution is 2.37. The van der Waals surface area contributed by atoms with Crippen molar-refractivity contribution in [1.29, 1.82) is 0 Å². The van der Waals surface area contributed by atoms with Crippen molar-refractivity contribution in [3.8, 4) is 0 Å². The Morgan fingerprint density at radius 1 is 1.35 bits per heavy atom. The maximum atomic E-state index is 10.7. The summed E-state index contributed by atoms with van der Waals surface area (Å²) >= 11 is 0. The van der Waals surface area contributed by atoms with Crippen LogP contribution in [0.2, 0.25) is 0 Å². The fourth-order valence-corrected chi connectivity index (χ4v) is 2.80. The summed E-state index contributed by atoms with van der Waals surface area (Å²) in [5.74, 6) is -0.688. The van der Waals surface area contributed by atoms with E-state index in [1.54, 1.807) is 0 Å². The molecule has 0 amide bonds. The Bertz CT molecular complexity index is 251. The predicted molar refractivity (Wildman–Crippen MR) is 70.1 cm³/mol. The Labute approximate surface area is 105 Å². The standard InChI is InChI=1S/C14H27NO2/c1-11(2)15(10-7-13(16)17)12-5-8-14(3,4)9-6-12/h11-12H,5-10H2,1-4H3,(H,16,17). The molecular weight excluding hydrogens is 214 g/mol. The summed E-state index contributed by atoms with van der Waals surface area (Å²) in [6, 6.07) is 1.03. The van der Waals surface area contributed by atoms with Crippen LogP contribution >= 0.6 is 0 Å². The fourth-order valence-electron chi connectivity index (χ4n) is 2.80. The highest BCUT2D eigenvalue weighted by molar-refractivity contribution is 5.66. The van der Waals surface area contributed by atoms with Crippen LogP contribution in [0, 0.1) is 5.41 Å². The van der Waals surface area contributed by atoms with Gasteiger partial charge in [-0.15, -0.1) is 0 Å². The number of hydrogen-bond acceptors (Lipinski definition) is 2. The van der Waals surface area contributed by atoms with E-state index < -0.39 is 5.97 Å². The lowest BCUT2D eigenvalue weighted by molar-refractivity contribution is -0.137. The lowest BCUT2D eigenvalue weighted by atomic mass is 9.75. The molecule has 0 saturated heterocycles. The Morgan fingerprint density at radius 3 is 2.29 bits per heavy atom. The van der Waals surface area contributed by atoms with Gasteiger partial charge in [0.1, 0.15) is 0 Å². The molecule has 1 aliphatic rings. The molecule has 100 valence electrons. The van der Waals surface area contributed by atoms with Gasteiger partial charge in [-0.3, -0.25) is 9.69 Å². The molecule has 0 aliphatic heterocycles. The van der Waals surface area contributed by atoms with Crippen LogP contribution in [0.15, 0.2) is 0 Å². The van der Waals surface area contributed by atoms with E-state index in [0.29, 0.717) is 24.0 Å². The summed E-state index contributed by atoms with van der Waals surface area (Å²) in [7, 11) is 0. The molecule has 0 aromatic rings. The predicted octanol–water partition coefficient (Wildman–Crippen LogP) is 3.14. The van der Waals surface area contributed by atoms with E-state index in [1.807, 2.05) is 0 Å². The maximum absolute atomic E-state index is 10.7. The molecule has 0 atom stereocenters. The van der Waals surface area contributed by atoms with Gasteiger partial charge in [0.05, 0.1) is 6.42 Å². The first-order chi connectivity index (χ1) is 7.82. The van der Waals surface area contributed by atoms with Crippen LogP contribution in [0.1, 0.15) is 59.8 Å². The van der Waals surface area contributed by atoms with Crippen LogP contribution in [0.3, 0.4) is 0 Å². The van der Waals surface area contributed by atoms with E-state index in [1.165, 1.54) is 25.7 Å². The molecular formula is C14H27NO2. The number of carbonyl (C=O) groups is 1. The van der Waals surface area contributed by atoms with Crippen LogP contribution in [0.4, 0.5) is 0 Å². The number of nitrogens with zero attached hydrogens (tertiary/aromatic N) is 1. The van der Waals surface area contributed by atoms with Gasteiger partial charge in [-0.2, -0.15) is 0 Å². The van der Waals surface area contributed by atoms with E-state index in [-0.39, 0.29) is 6.42 Å². The van der Waals surface area contributed by atoms with Gasteiger partial charge in [0.2, 0.25) is 0 Å². The molecule has 1 rings (SSSR count). The molecule has 0 spiro atoms. The van der Waals surface area contributed by atoms with Crippen molar-refractivity contribution in [3.63, 3.8) is 0 Å². The molecule has 0 heterocycles. The molecule has 17 heavy (non-hydrogen) atoms. The summed E-state index contributed by atoms with van der Waals surface area (Å²) in [5, 5.41) is 8.80. The SMILES string of the molecule is CC(C)N(CCC(=O)O)C1CCC(C)(C)CC1. The monoisotopic (exact) mass is 241 g/mol. The first-order valence-corrected chi connectivity index (χ1v) is 6.79. The smallest absolute Gasteiger partial charge is 0.304 e. The highest BCUT2D eigenvalue weighted by Gasteiger charge is 2.31. The van der Waals surface area contributed by atoms with Crippen molar-refractivity contribution in [2.45, 2.75) is 71.9 Å². The third-order valence-corrected chi connectivity index (χ3v) is 4.02. The minimum absolute atomic E-state index is 0.262. The summed E-state index contributed by atoms with van der Waals surface area (Å²) in [4.78, 5) is 13.1. The van der Waals surface area contributed by atoms with Crippen LogP contribution < -0.4 is 0 Å². The summed E-state index contributed by atoms with van der Waals surface area (Å²) in [6.07, 6.45) is 5.20. The fraction of sp³-hybridized carbons (Fsp3) is 0.929. The lowest BCUT2D eigenvalue weighted by Gasteiger charge is -2.42. The number of hydrogen-bond donors (Lipinski definition) is 1. The van der Waals surface area contributed by atoms with Crippen molar-refractivity contribution in [3.05, 3.63) is 0 Å². The minimum atomic E-state index is -0.688. The molecule has 1 N–H and O–H groups in total. The van der Waals surface area contributed by atoms with E-state index >= 15 is 0 Å². The molecule has 0 bridgehead atoms. The summed E-state index contributed by atoms with van der Waals surface area (Å²) in [5.41, 5.74) is 0.478. The Hall–Kier alpha value is -0.570. The second-order valence-corrected chi connectivity index (χ2v) is 6.37. The van der Waals surface area contributed by atoms with Gasteiger partial charge in [0.25, 0.3) is 0 Å². The van der Waals surface area contributed by atoms with Crippen molar-refractivity contribution < 1.29 is 9.90 Å². The van der Waals surface area contributed by atoms with Crippen molar-refractivity contribution in [2.24, 2.45) is 5.41 Å². The molecule has 1 saturated carbocycles. The van der Waals surface area contributed by atoms with Gasteiger partial charge in [-0.1, -0.05) is 13.8 Å². The van der Waals surface area contributed by atoms with Crippen LogP contribution in [-0.2, 0) is 4.79 Å². The largest absolute Gasteiger partial charge is 0.481 e. The van der Waals surface area contributed by atoms with Gasteiger partial charge in [0.15, 0.2) is 0 Å². The quantitative estimate of drug-likeness (QED) is 0.804. The van der Waals surface area contributed by atoms with Gasteiger partial charge in [-0.05, 0) is 44.9 Å². The van der Waals surface area contributed by atoms with Crippen LogP contribution in [-0.4, -0.2) is 34.6 Å². The molecule has 3 heteroatoms. The molecule has 0 aromatic carbocycles. The van der Waals surface area contributed by atoms with E-state index in [0.717, 1.165) is 0 Å². The van der Waals surface area contributed by atoms with Gasteiger partial charge < -0.3 is 5.11 Å². The number of aliphatic carboxylic acids is 1. The van der Waals surface area contributed by atoms with E-state index in [4.69, 9.17) is 5.11 Å². The number of carboxylic acid groups (broad SMARTS) is 1. The van der Waals surface area contributed by atoms with Crippen LogP contribution in [0.5, 0.6) is 0 Å².